The monoisotopic (exact) mass is 420 g/mol. The molecule has 0 spiro atoms. The van der Waals surface area contributed by atoms with Crippen LogP contribution in [0.4, 0.5) is 0 Å². The van der Waals surface area contributed by atoms with Gasteiger partial charge in [-0.1, -0.05) is 48.8 Å². The van der Waals surface area contributed by atoms with Gasteiger partial charge in [0.2, 0.25) is 0 Å². The summed E-state index contributed by atoms with van der Waals surface area (Å²) < 4.78 is 5.66. The number of rotatable bonds is 4. The SMILES string of the molecule is CC1(C)CC(=O)C(Sc2ccc(Cl)cc2)=C(OC(=O)c2ccc(Cl)cc2)C1. The normalized spacial score (nSPS) is 16.4. The molecular weight excluding hydrogens is 403 g/mol. The number of halogens is 2. The Balaban J connectivity index is 1.91. The number of carbonyl (C=O) groups excluding carboxylic acids is 2. The number of hydrogen-bond acceptors (Lipinski definition) is 4. The van der Waals surface area contributed by atoms with Crippen molar-refractivity contribution < 1.29 is 14.3 Å². The van der Waals surface area contributed by atoms with Gasteiger partial charge in [-0.15, -0.1) is 0 Å². The molecule has 0 unspecified atom stereocenters. The fourth-order valence-corrected chi connectivity index (χ4v) is 3.99. The molecule has 0 aromatic heterocycles. The second-order valence-electron chi connectivity index (χ2n) is 7.15. The molecule has 0 radical (unpaired) electrons. The second kappa shape index (κ2) is 8.09. The summed E-state index contributed by atoms with van der Waals surface area (Å²) in [7, 11) is 0. The van der Waals surface area contributed by atoms with Gasteiger partial charge in [-0.25, -0.2) is 4.79 Å². The van der Waals surface area contributed by atoms with Crippen LogP contribution in [0.15, 0.2) is 64.1 Å². The third-order valence-electron chi connectivity index (χ3n) is 4.11. The van der Waals surface area contributed by atoms with Crippen LogP contribution in [0.3, 0.4) is 0 Å². The van der Waals surface area contributed by atoms with Crippen LogP contribution >= 0.6 is 35.0 Å². The number of ether oxygens (including phenoxy) is 1. The maximum absolute atomic E-state index is 12.7. The lowest BCUT2D eigenvalue weighted by atomic mass is 9.79. The van der Waals surface area contributed by atoms with E-state index in [9.17, 15) is 9.59 Å². The van der Waals surface area contributed by atoms with Crippen molar-refractivity contribution in [1.82, 2.24) is 0 Å². The van der Waals surface area contributed by atoms with Crippen LogP contribution in [0.1, 0.15) is 37.0 Å². The van der Waals surface area contributed by atoms with E-state index >= 15 is 0 Å². The lowest BCUT2D eigenvalue weighted by Gasteiger charge is -2.31. The molecule has 0 saturated heterocycles. The van der Waals surface area contributed by atoms with Crippen LogP contribution in [0.2, 0.25) is 10.0 Å². The van der Waals surface area contributed by atoms with Crippen molar-refractivity contribution in [1.29, 1.82) is 0 Å². The van der Waals surface area contributed by atoms with E-state index < -0.39 is 5.97 Å². The van der Waals surface area contributed by atoms with Gasteiger partial charge in [-0.05, 0) is 53.9 Å². The lowest BCUT2D eigenvalue weighted by molar-refractivity contribution is -0.117. The molecular formula is C21H18Cl2O3S. The zero-order valence-electron chi connectivity index (χ0n) is 14.9. The summed E-state index contributed by atoms with van der Waals surface area (Å²) in [5, 5.41) is 1.16. The van der Waals surface area contributed by atoms with E-state index in [1.807, 2.05) is 26.0 Å². The van der Waals surface area contributed by atoms with Gasteiger partial charge in [0.05, 0.1) is 10.5 Å². The van der Waals surface area contributed by atoms with Crippen LogP contribution in [0.25, 0.3) is 0 Å². The molecule has 0 bridgehead atoms. The number of thioether (sulfide) groups is 1. The first-order chi connectivity index (χ1) is 12.7. The minimum atomic E-state index is -0.499. The van der Waals surface area contributed by atoms with Gasteiger partial charge in [0.15, 0.2) is 5.78 Å². The predicted octanol–water partition coefficient (Wildman–Crippen LogP) is 6.54. The van der Waals surface area contributed by atoms with E-state index in [-0.39, 0.29) is 11.2 Å². The first-order valence-electron chi connectivity index (χ1n) is 8.41. The Hall–Kier alpha value is -1.75. The highest BCUT2D eigenvalue weighted by molar-refractivity contribution is 8.04. The van der Waals surface area contributed by atoms with Crippen LogP contribution in [-0.4, -0.2) is 11.8 Å². The average molecular weight is 421 g/mol. The van der Waals surface area contributed by atoms with Crippen molar-refractivity contribution in [3.05, 3.63) is 74.8 Å². The predicted molar refractivity (Wildman–Crippen MR) is 109 cm³/mol. The van der Waals surface area contributed by atoms with Crippen molar-refractivity contribution in [3.63, 3.8) is 0 Å². The highest BCUT2D eigenvalue weighted by Gasteiger charge is 2.35. The van der Waals surface area contributed by atoms with Gasteiger partial charge >= 0.3 is 5.97 Å². The smallest absolute Gasteiger partial charge is 0.343 e. The molecule has 0 aliphatic heterocycles. The topological polar surface area (TPSA) is 43.4 Å². The number of esters is 1. The summed E-state index contributed by atoms with van der Waals surface area (Å²) in [6.07, 6.45) is 0.916. The van der Waals surface area contributed by atoms with Gasteiger partial charge in [-0.2, -0.15) is 0 Å². The molecule has 1 aliphatic carbocycles. The summed E-state index contributed by atoms with van der Waals surface area (Å²) >= 11 is 13.1. The van der Waals surface area contributed by atoms with Gasteiger partial charge in [-0.3, -0.25) is 4.79 Å². The zero-order valence-corrected chi connectivity index (χ0v) is 17.3. The standard InChI is InChI=1S/C21H18Cl2O3S/c1-21(2)11-17(24)19(27-16-9-7-15(23)8-10-16)18(12-21)26-20(25)13-3-5-14(22)6-4-13/h3-10H,11-12H2,1-2H3. The molecule has 3 rings (SSSR count). The molecule has 2 aromatic rings. The van der Waals surface area contributed by atoms with Gasteiger partial charge in [0.25, 0.3) is 0 Å². The van der Waals surface area contributed by atoms with Crippen molar-refractivity contribution in [2.45, 2.75) is 31.6 Å². The van der Waals surface area contributed by atoms with Crippen molar-refractivity contribution in [2.75, 3.05) is 0 Å². The van der Waals surface area contributed by atoms with Crippen molar-refractivity contribution in [3.8, 4) is 0 Å². The third kappa shape index (κ3) is 5.16. The number of Topliss-reactive ketones (excluding diaryl/α,β-unsaturated/α-hetero) is 1. The Kier molecular flexibility index (Phi) is 5.99. The molecule has 0 atom stereocenters. The number of allylic oxidation sites excluding steroid dienone is 2. The van der Waals surface area contributed by atoms with E-state index in [0.717, 1.165) is 4.90 Å². The summed E-state index contributed by atoms with van der Waals surface area (Å²) in [5.74, 6) is -0.109. The Morgan fingerprint density at radius 1 is 0.963 bits per heavy atom. The van der Waals surface area contributed by atoms with E-state index in [0.29, 0.717) is 39.1 Å². The van der Waals surface area contributed by atoms with E-state index in [4.69, 9.17) is 27.9 Å². The molecule has 27 heavy (non-hydrogen) atoms. The van der Waals surface area contributed by atoms with E-state index in [2.05, 4.69) is 0 Å². The highest BCUT2D eigenvalue weighted by Crippen LogP contribution is 2.43. The fourth-order valence-electron chi connectivity index (χ4n) is 2.82. The van der Waals surface area contributed by atoms with Crippen molar-refractivity contribution >= 4 is 46.7 Å². The van der Waals surface area contributed by atoms with Crippen LogP contribution in [0, 0.1) is 5.41 Å². The Morgan fingerprint density at radius 3 is 2.11 bits per heavy atom. The first-order valence-corrected chi connectivity index (χ1v) is 9.98. The Morgan fingerprint density at radius 2 is 1.52 bits per heavy atom. The van der Waals surface area contributed by atoms with Crippen molar-refractivity contribution in [2.24, 2.45) is 5.41 Å². The molecule has 2 aromatic carbocycles. The van der Waals surface area contributed by atoms with Gasteiger partial charge in [0, 0.05) is 27.8 Å². The average Bonchev–Trinajstić information content (AvgIpc) is 2.59. The van der Waals surface area contributed by atoms with Crippen LogP contribution in [-0.2, 0) is 9.53 Å². The molecule has 0 saturated carbocycles. The van der Waals surface area contributed by atoms with E-state index in [1.54, 1.807) is 36.4 Å². The molecule has 0 amide bonds. The molecule has 1 aliphatic rings. The lowest BCUT2D eigenvalue weighted by Crippen LogP contribution is -2.26. The number of benzene rings is 2. The maximum Gasteiger partial charge on any atom is 0.343 e. The van der Waals surface area contributed by atoms with E-state index in [1.165, 1.54) is 11.8 Å². The summed E-state index contributed by atoms with van der Waals surface area (Å²) in [5.41, 5.74) is 0.120. The first kappa shape index (κ1) is 20.0. The zero-order chi connectivity index (χ0) is 19.6. The minimum absolute atomic E-state index is 0.0230. The quantitative estimate of drug-likeness (QED) is 0.526. The summed E-state index contributed by atoms with van der Waals surface area (Å²) in [6, 6.07) is 13.7. The number of hydrogen-bond donors (Lipinski definition) is 0. The molecule has 0 N–H and O–H groups in total. The van der Waals surface area contributed by atoms with Crippen LogP contribution in [0.5, 0.6) is 0 Å². The van der Waals surface area contributed by atoms with Gasteiger partial charge < -0.3 is 4.74 Å². The number of ketones is 1. The van der Waals surface area contributed by atoms with Gasteiger partial charge in [0.1, 0.15) is 5.76 Å². The highest BCUT2D eigenvalue weighted by atomic mass is 35.5. The molecule has 0 fully saturated rings. The maximum atomic E-state index is 12.7. The molecule has 6 heteroatoms. The minimum Gasteiger partial charge on any atom is -0.426 e. The number of carbonyl (C=O) groups is 2. The molecule has 140 valence electrons. The summed E-state index contributed by atoms with van der Waals surface area (Å²) in [6.45, 7) is 3.98. The van der Waals surface area contributed by atoms with Crippen LogP contribution < -0.4 is 0 Å². The Labute approximate surface area is 172 Å². The second-order valence-corrected chi connectivity index (χ2v) is 9.10. The summed E-state index contributed by atoms with van der Waals surface area (Å²) in [4.78, 5) is 26.6. The fraction of sp³-hybridized carbons (Fsp3) is 0.238. The largest absolute Gasteiger partial charge is 0.426 e. The molecule has 3 nitrogen and oxygen atoms in total. The third-order valence-corrected chi connectivity index (χ3v) is 5.79. The molecule has 0 heterocycles. The Bertz CT molecular complexity index is 900.